The van der Waals surface area contributed by atoms with Gasteiger partial charge in [0.1, 0.15) is 5.69 Å². The van der Waals surface area contributed by atoms with Crippen molar-refractivity contribution in [3.05, 3.63) is 38.4 Å². The van der Waals surface area contributed by atoms with Crippen LogP contribution in [-0.4, -0.2) is 15.6 Å². The van der Waals surface area contributed by atoms with Crippen LogP contribution < -0.4 is 5.43 Å². The normalized spacial score (nSPS) is 20.6. The summed E-state index contributed by atoms with van der Waals surface area (Å²) in [5, 5.41) is 26.1. The van der Waals surface area contributed by atoms with Crippen molar-refractivity contribution in [1.29, 1.82) is 0 Å². The van der Waals surface area contributed by atoms with Gasteiger partial charge in [-0.25, -0.2) is 0 Å². The lowest BCUT2D eigenvalue weighted by Gasteiger charge is -2.17. The van der Waals surface area contributed by atoms with E-state index in [1.807, 2.05) is 0 Å². The third-order valence-electron chi connectivity index (χ3n) is 3.97. The second-order valence-electron chi connectivity index (χ2n) is 5.91. The number of hydrazone groups is 1. The van der Waals surface area contributed by atoms with E-state index >= 15 is 0 Å². The first-order chi connectivity index (χ1) is 11.0. The van der Waals surface area contributed by atoms with Crippen LogP contribution in [0.4, 0.5) is 17.1 Å². The van der Waals surface area contributed by atoms with Gasteiger partial charge in [0, 0.05) is 11.8 Å². The predicted octanol–water partition coefficient (Wildman–Crippen LogP) is 4.26. The molecule has 1 N–H and O–H groups in total. The van der Waals surface area contributed by atoms with Gasteiger partial charge in [0.15, 0.2) is 0 Å². The summed E-state index contributed by atoms with van der Waals surface area (Å²) in [6.45, 7) is 2.18. The molecule has 0 amide bonds. The molecule has 0 unspecified atom stereocenters. The highest BCUT2D eigenvalue weighted by Crippen LogP contribution is 2.29. The molecule has 8 heteroatoms. The Hall–Kier alpha value is -2.51. The molecule has 8 nitrogen and oxygen atoms in total. The summed E-state index contributed by atoms with van der Waals surface area (Å²) < 4.78 is 0. The van der Waals surface area contributed by atoms with Crippen LogP contribution in [0, 0.1) is 26.1 Å². The Morgan fingerprint density at radius 3 is 2.65 bits per heavy atom. The fourth-order valence-corrected chi connectivity index (χ4v) is 2.73. The molecule has 1 aliphatic carbocycles. The number of nitrogens with one attached hydrogen (secondary N) is 1. The summed E-state index contributed by atoms with van der Waals surface area (Å²) >= 11 is 0. The maximum absolute atomic E-state index is 11.1. The van der Waals surface area contributed by atoms with Crippen LogP contribution in [0.5, 0.6) is 0 Å². The van der Waals surface area contributed by atoms with E-state index in [1.54, 1.807) is 0 Å². The Morgan fingerprint density at radius 2 is 1.96 bits per heavy atom. The van der Waals surface area contributed by atoms with Crippen molar-refractivity contribution in [3.8, 4) is 0 Å². The van der Waals surface area contributed by atoms with Gasteiger partial charge in [0.05, 0.1) is 15.9 Å². The average Bonchev–Trinajstić information content (AvgIpc) is 2.49. The average molecular weight is 320 g/mol. The first-order valence-electron chi connectivity index (χ1n) is 7.71. The maximum atomic E-state index is 11.1. The summed E-state index contributed by atoms with van der Waals surface area (Å²) in [4.78, 5) is 20.5. The number of nitro groups is 2. The molecule has 0 heterocycles. The highest BCUT2D eigenvalue weighted by atomic mass is 16.6. The second-order valence-corrected chi connectivity index (χ2v) is 5.91. The number of anilines is 1. The minimum Gasteiger partial charge on any atom is -0.272 e. The van der Waals surface area contributed by atoms with Crippen molar-refractivity contribution >= 4 is 22.8 Å². The zero-order valence-electron chi connectivity index (χ0n) is 13.0. The molecular formula is C15H20N4O4. The lowest BCUT2D eigenvalue weighted by molar-refractivity contribution is -0.393. The molecule has 0 radical (unpaired) electrons. The van der Waals surface area contributed by atoms with Crippen molar-refractivity contribution in [2.24, 2.45) is 11.0 Å². The van der Waals surface area contributed by atoms with Gasteiger partial charge >= 0.3 is 5.69 Å². The first-order valence-corrected chi connectivity index (χ1v) is 7.71. The summed E-state index contributed by atoms with van der Waals surface area (Å²) in [7, 11) is 0. The molecule has 0 saturated heterocycles. The molecule has 1 aromatic carbocycles. The minimum absolute atomic E-state index is 0.169. The van der Waals surface area contributed by atoms with E-state index in [2.05, 4.69) is 17.5 Å². The number of nitrogens with zero attached hydrogens (tertiary/aromatic N) is 3. The molecular weight excluding hydrogens is 300 g/mol. The van der Waals surface area contributed by atoms with E-state index in [0.29, 0.717) is 5.92 Å². The summed E-state index contributed by atoms with van der Waals surface area (Å²) in [6.07, 6.45) is 6.37. The molecule has 0 aromatic heterocycles. The van der Waals surface area contributed by atoms with E-state index in [-0.39, 0.29) is 17.1 Å². The lowest BCUT2D eigenvalue weighted by atomic mass is 9.91. The van der Waals surface area contributed by atoms with Crippen LogP contribution in [0.1, 0.15) is 45.4 Å². The van der Waals surface area contributed by atoms with E-state index in [9.17, 15) is 20.2 Å². The SMILES string of the molecule is C[C@H]1CCCCC/C(=N\Nc2ccc([N+](=O)[O-])cc2[N+](=O)[O-])C1. The molecule has 1 saturated carbocycles. The van der Waals surface area contributed by atoms with Crippen molar-refractivity contribution in [1.82, 2.24) is 0 Å². The monoisotopic (exact) mass is 320 g/mol. The van der Waals surface area contributed by atoms with Crippen molar-refractivity contribution in [2.75, 3.05) is 5.43 Å². The largest absolute Gasteiger partial charge is 0.301 e. The molecule has 0 bridgehead atoms. The molecule has 2 rings (SSSR count). The third-order valence-corrected chi connectivity index (χ3v) is 3.97. The fourth-order valence-electron chi connectivity index (χ4n) is 2.73. The topological polar surface area (TPSA) is 111 Å². The Balaban J connectivity index is 2.19. The van der Waals surface area contributed by atoms with Gasteiger partial charge in [-0.1, -0.05) is 26.2 Å². The Labute approximate surface area is 133 Å². The Morgan fingerprint density at radius 1 is 1.17 bits per heavy atom. The third kappa shape index (κ3) is 4.73. The van der Waals surface area contributed by atoms with Gasteiger partial charge < -0.3 is 0 Å². The van der Waals surface area contributed by atoms with Gasteiger partial charge in [-0.2, -0.15) is 5.10 Å². The molecule has 1 aliphatic rings. The molecule has 124 valence electrons. The van der Waals surface area contributed by atoms with Crippen LogP contribution in [-0.2, 0) is 0 Å². The number of nitro benzene ring substituents is 2. The van der Waals surface area contributed by atoms with Crippen LogP contribution in [0.15, 0.2) is 23.3 Å². The van der Waals surface area contributed by atoms with Gasteiger partial charge in [0.2, 0.25) is 0 Å². The molecule has 0 aliphatic heterocycles. The number of non-ortho nitro benzene ring substituents is 1. The highest BCUT2D eigenvalue weighted by Gasteiger charge is 2.19. The van der Waals surface area contributed by atoms with Crippen LogP contribution in [0.2, 0.25) is 0 Å². The maximum Gasteiger partial charge on any atom is 0.301 e. The van der Waals surface area contributed by atoms with Crippen molar-refractivity contribution < 1.29 is 9.85 Å². The molecule has 0 spiro atoms. The Kier molecular flexibility index (Phi) is 5.61. The lowest BCUT2D eigenvalue weighted by Crippen LogP contribution is -2.11. The van der Waals surface area contributed by atoms with Gasteiger partial charge in [0.25, 0.3) is 5.69 Å². The number of hydrogen-bond donors (Lipinski definition) is 1. The standard InChI is InChI=1S/C15H20N4O4/c1-11-5-3-2-4-6-12(9-11)16-17-14-8-7-13(18(20)21)10-15(14)19(22)23/h7-8,10-11,17H,2-6,9H2,1H3/b16-12+/t11-/m0/s1. The highest BCUT2D eigenvalue weighted by molar-refractivity contribution is 5.85. The van der Waals surface area contributed by atoms with Crippen molar-refractivity contribution in [2.45, 2.75) is 45.4 Å². The minimum atomic E-state index is -0.654. The zero-order chi connectivity index (χ0) is 16.8. The number of rotatable bonds is 4. The van der Waals surface area contributed by atoms with Gasteiger partial charge in [-0.05, 0) is 31.2 Å². The number of hydrogen-bond acceptors (Lipinski definition) is 6. The molecule has 23 heavy (non-hydrogen) atoms. The van der Waals surface area contributed by atoms with Crippen molar-refractivity contribution in [3.63, 3.8) is 0 Å². The second kappa shape index (κ2) is 7.66. The smallest absolute Gasteiger partial charge is 0.272 e. The summed E-state index contributed by atoms with van der Waals surface area (Å²) in [5.74, 6) is 0.544. The quantitative estimate of drug-likeness (QED) is 0.658. The van der Waals surface area contributed by atoms with Crippen LogP contribution in [0.25, 0.3) is 0 Å². The van der Waals surface area contributed by atoms with Crippen LogP contribution >= 0.6 is 0 Å². The fraction of sp³-hybridized carbons (Fsp3) is 0.533. The summed E-state index contributed by atoms with van der Waals surface area (Å²) in [6, 6.07) is 3.51. The molecule has 1 atom stereocenters. The Bertz CT molecular complexity index is 630. The molecule has 1 aromatic rings. The van der Waals surface area contributed by atoms with E-state index in [4.69, 9.17) is 0 Å². The van der Waals surface area contributed by atoms with E-state index in [0.717, 1.165) is 37.5 Å². The van der Waals surface area contributed by atoms with Crippen LogP contribution in [0.3, 0.4) is 0 Å². The molecule has 1 fully saturated rings. The summed E-state index contributed by atoms with van der Waals surface area (Å²) in [5.41, 5.74) is 3.23. The van der Waals surface area contributed by atoms with Gasteiger partial charge in [-0.3, -0.25) is 25.7 Å². The van der Waals surface area contributed by atoms with E-state index in [1.165, 1.54) is 25.0 Å². The first kappa shape index (κ1) is 16.9. The van der Waals surface area contributed by atoms with Gasteiger partial charge in [-0.15, -0.1) is 0 Å². The number of benzene rings is 1. The predicted molar refractivity (Wildman–Crippen MR) is 87.7 cm³/mol. The van der Waals surface area contributed by atoms with E-state index < -0.39 is 9.85 Å². The zero-order valence-corrected chi connectivity index (χ0v) is 13.0.